The molecule has 0 bridgehead atoms. The highest BCUT2D eigenvalue weighted by Crippen LogP contribution is 2.29. The number of rotatable bonds is 6. The lowest BCUT2D eigenvalue weighted by atomic mass is 10.1. The van der Waals surface area contributed by atoms with Crippen LogP contribution in [-0.2, 0) is 9.59 Å². The largest absolute Gasteiger partial charge is 0.456 e. The van der Waals surface area contributed by atoms with Crippen LogP contribution in [0.2, 0.25) is 5.02 Å². The molecule has 1 fully saturated rings. The maximum absolute atomic E-state index is 12.3. The Morgan fingerprint density at radius 3 is 2.31 bits per heavy atom. The summed E-state index contributed by atoms with van der Waals surface area (Å²) in [6.45, 7) is 6.87. The van der Waals surface area contributed by atoms with Crippen LogP contribution in [0.4, 0.5) is 5.69 Å². The van der Waals surface area contributed by atoms with E-state index in [-0.39, 0.29) is 17.7 Å². The van der Waals surface area contributed by atoms with Gasteiger partial charge in [-0.25, -0.2) is 0 Å². The third kappa shape index (κ3) is 5.95. The van der Waals surface area contributed by atoms with E-state index in [0.717, 1.165) is 0 Å². The van der Waals surface area contributed by atoms with Crippen molar-refractivity contribution in [3.05, 3.63) is 53.6 Å². The zero-order chi connectivity index (χ0) is 20.8. The number of nitrogens with one attached hydrogen (secondary N) is 1. The topological polar surface area (TPSA) is 61.9 Å². The number of carbonyl (C=O) groups is 2. The first-order valence-electron chi connectivity index (χ1n) is 9.76. The average Bonchev–Trinajstić information content (AvgIpc) is 2.71. The third-order valence-corrected chi connectivity index (χ3v) is 5.06. The van der Waals surface area contributed by atoms with Gasteiger partial charge in [0.15, 0.2) is 0 Å². The second-order valence-corrected chi connectivity index (χ2v) is 7.77. The summed E-state index contributed by atoms with van der Waals surface area (Å²) in [6.07, 6.45) is 0. The van der Waals surface area contributed by atoms with Crippen LogP contribution in [0.1, 0.15) is 13.8 Å². The summed E-state index contributed by atoms with van der Waals surface area (Å²) in [5.41, 5.74) is 0.704. The van der Waals surface area contributed by atoms with E-state index in [9.17, 15) is 9.59 Å². The van der Waals surface area contributed by atoms with E-state index < -0.39 is 0 Å². The maximum Gasteiger partial charge on any atom is 0.238 e. The zero-order valence-corrected chi connectivity index (χ0v) is 17.5. The molecule has 0 spiro atoms. The summed E-state index contributed by atoms with van der Waals surface area (Å²) < 4.78 is 5.75. The highest BCUT2D eigenvalue weighted by Gasteiger charge is 2.23. The fourth-order valence-electron chi connectivity index (χ4n) is 3.16. The van der Waals surface area contributed by atoms with Gasteiger partial charge in [0.1, 0.15) is 11.5 Å². The minimum Gasteiger partial charge on any atom is -0.456 e. The predicted molar refractivity (Wildman–Crippen MR) is 114 cm³/mol. The molecule has 2 aromatic rings. The van der Waals surface area contributed by atoms with Gasteiger partial charge < -0.3 is 15.0 Å². The number of para-hydroxylation sites is 1. The minimum atomic E-state index is -0.0755. The number of benzene rings is 2. The SMILES string of the molecule is CC(C)C(=O)N1CCN(CC(=O)Nc2ccc(Oc3ccccc3Cl)cc2)CC1. The van der Waals surface area contributed by atoms with E-state index in [1.807, 2.05) is 30.9 Å². The van der Waals surface area contributed by atoms with Gasteiger partial charge in [-0.1, -0.05) is 37.6 Å². The standard InChI is InChI=1S/C22H26ClN3O3/c1-16(2)22(28)26-13-11-25(12-14-26)15-21(27)24-17-7-9-18(10-8-17)29-20-6-4-3-5-19(20)23/h3-10,16H,11-15H2,1-2H3,(H,24,27). The van der Waals surface area contributed by atoms with Crippen molar-refractivity contribution in [2.75, 3.05) is 38.0 Å². The molecular weight excluding hydrogens is 390 g/mol. The van der Waals surface area contributed by atoms with E-state index in [1.54, 1.807) is 36.4 Å². The summed E-state index contributed by atoms with van der Waals surface area (Å²) in [6, 6.07) is 14.4. The molecule has 6 nitrogen and oxygen atoms in total. The lowest BCUT2D eigenvalue weighted by Crippen LogP contribution is -2.51. The first-order valence-corrected chi connectivity index (χ1v) is 10.1. The van der Waals surface area contributed by atoms with Gasteiger partial charge in [-0.2, -0.15) is 0 Å². The summed E-state index contributed by atoms with van der Waals surface area (Å²) in [5, 5.41) is 3.44. The van der Waals surface area contributed by atoms with Crippen LogP contribution in [0.25, 0.3) is 0 Å². The molecule has 7 heteroatoms. The summed E-state index contributed by atoms with van der Waals surface area (Å²) in [4.78, 5) is 28.3. The Hall–Kier alpha value is -2.57. The van der Waals surface area contributed by atoms with Gasteiger partial charge in [0, 0.05) is 37.8 Å². The predicted octanol–water partition coefficient (Wildman–Crippen LogP) is 3.87. The lowest BCUT2D eigenvalue weighted by Gasteiger charge is -2.35. The molecule has 1 heterocycles. The Balaban J connectivity index is 1.46. The molecule has 0 aliphatic carbocycles. The molecule has 2 amide bonds. The summed E-state index contributed by atoms with van der Waals surface area (Å²) in [5.74, 6) is 1.33. The summed E-state index contributed by atoms with van der Waals surface area (Å²) in [7, 11) is 0. The van der Waals surface area contributed by atoms with Crippen LogP contribution in [0.3, 0.4) is 0 Å². The molecule has 1 aliphatic rings. The first kappa shape index (κ1) is 21.1. The number of carbonyl (C=O) groups excluding carboxylic acids is 2. The van der Waals surface area contributed by atoms with Crippen LogP contribution >= 0.6 is 11.6 Å². The van der Waals surface area contributed by atoms with Crippen molar-refractivity contribution >= 4 is 29.1 Å². The van der Waals surface area contributed by atoms with Gasteiger partial charge in [-0.05, 0) is 36.4 Å². The Bertz CT molecular complexity index is 847. The first-order chi connectivity index (χ1) is 13.9. The zero-order valence-electron chi connectivity index (χ0n) is 16.7. The number of ether oxygens (including phenoxy) is 1. The van der Waals surface area contributed by atoms with Crippen molar-refractivity contribution < 1.29 is 14.3 Å². The number of hydrogen-bond acceptors (Lipinski definition) is 4. The number of hydrogen-bond donors (Lipinski definition) is 1. The molecule has 3 rings (SSSR count). The molecule has 154 valence electrons. The quantitative estimate of drug-likeness (QED) is 0.777. The number of amides is 2. The Kier molecular flexibility index (Phi) is 7.12. The van der Waals surface area contributed by atoms with Crippen LogP contribution < -0.4 is 10.1 Å². The van der Waals surface area contributed by atoms with Crippen molar-refractivity contribution in [1.82, 2.24) is 9.80 Å². The van der Waals surface area contributed by atoms with Gasteiger partial charge in [0.05, 0.1) is 11.6 Å². The Morgan fingerprint density at radius 1 is 1.03 bits per heavy atom. The van der Waals surface area contributed by atoms with E-state index in [0.29, 0.717) is 54.9 Å². The maximum atomic E-state index is 12.3. The molecule has 2 aromatic carbocycles. The van der Waals surface area contributed by atoms with Crippen molar-refractivity contribution in [1.29, 1.82) is 0 Å². The van der Waals surface area contributed by atoms with Gasteiger partial charge in [0.2, 0.25) is 11.8 Å². The highest BCUT2D eigenvalue weighted by molar-refractivity contribution is 6.32. The van der Waals surface area contributed by atoms with Crippen LogP contribution in [-0.4, -0.2) is 54.3 Å². The van der Waals surface area contributed by atoms with Crippen molar-refractivity contribution in [3.63, 3.8) is 0 Å². The van der Waals surface area contributed by atoms with Crippen molar-refractivity contribution in [2.45, 2.75) is 13.8 Å². The molecule has 0 aromatic heterocycles. The fourth-order valence-corrected chi connectivity index (χ4v) is 3.33. The number of piperazine rings is 1. The Labute approximate surface area is 176 Å². The van der Waals surface area contributed by atoms with Gasteiger partial charge >= 0.3 is 0 Å². The van der Waals surface area contributed by atoms with Crippen LogP contribution in [0.5, 0.6) is 11.5 Å². The molecule has 1 N–H and O–H groups in total. The summed E-state index contributed by atoms with van der Waals surface area (Å²) >= 11 is 6.10. The molecule has 0 saturated carbocycles. The number of nitrogens with zero attached hydrogens (tertiary/aromatic N) is 2. The van der Waals surface area contributed by atoms with Crippen LogP contribution in [0.15, 0.2) is 48.5 Å². The van der Waals surface area contributed by atoms with E-state index in [4.69, 9.17) is 16.3 Å². The molecule has 1 aliphatic heterocycles. The van der Waals surface area contributed by atoms with Crippen molar-refractivity contribution in [3.8, 4) is 11.5 Å². The molecule has 1 saturated heterocycles. The highest BCUT2D eigenvalue weighted by atomic mass is 35.5. The normalized spacial score (nSPS) is 14.7. The smallest absolute Gasteiger partial charge is 0.238 e. The second kappa shape index (κ2) is 9.76. The Morgan fingerprint density at radius 2 is 1.69 bits per heavy atom. The minimum absolute atomic E-state index is 0.00900. The van der Waals surface area contributed by atoms with Gasteiger partial charge in [-0.3, -0.25) is 14.5 Å². The number of halogens is 1. The average molecular weight is 416 g/mol. The lowest BCUT2D eigenvalue weighted by molar-refractivity contribution is -0.136. The van der Waals surface area contributed by atoms with Crippen molar-refractivity contribution in [2.24, 2.45) is 5.92 Å². The third-order valence-electron chi connectivity index (χ3n) is 4.75. The van der Waals surface area contributed by atoms with Crippen LogP contribution in [0, 0.1) is 5.92 Å². The molecule has 0 unspecified atom stereocenters. The van der Waals surface area contributed by atoms with E-state index in [1.165, 1.54) is 0 Å². The molecule has 0 atom stereocenters. The van der Waals surface area contributed by atoms with E-state index in [2.05, 4.69) is 10.2 Å². The van der Waals surface area contributed by atoms with E-state index >= 15 is 0 Å². The molecule has 0 radical (unpaired) electrons. The fraction of sp³-hybridized carbons (Fsp3) is 0.364. The van der Waals surface area contributed by atoms with Gasteiger partial charge in [-0.15, -0.1) is 0 Å². The molecule has 29 heavy (non-hydrogen) atoms. The molecular formula is C22H26ClN3O3. The monoisotopic (exact) mass is 415 g/mol. The number of anilines is 1. The van der Waals surface area contributed by atoms with Gasteiger partial charge in [0.25, 0.3) is 0 Å². The second-order valence-electron chi connectivity index (χ2n) is 7.36.